The Balaban J connectivity index is 1.97. The van der Waals surface area contributed by atoms with Crippen molar-refractivity contribution in [3.05, 3.63) is 35.9 Å². The number of nitrogens with one attached hydrogen (secondary N) is 2. The maximum absolute atomic E-state index is 13.4. The second-order valence-corrected chi connectivity index (χ2v) is 5.61. The third kappa shape index (κ3) is 2.98. The minimum Gasteiger partial charge on any atom is -0.467 e. The molecule has 1 aliphatic rings. The number of carbonyl (C=O) groups is 1. The van der Waals surface area contributed by atoms with Gasteiger partial charge in [-0.25, -0.2) is 4.68 Å². The quantitative estimate of drug-likeness (QED) is 0.894. The van der Waals surface area contributed by atoms with Gasteiger partial charge in [0.05, 0.1) is 18.5 Å². The second kappa shape index (κ2) is 6.21. The first-order valence-electron chi connectivity index (χ1n) is 7.64. The lowest BCUT2D eigenvalue weighted by molar-refractivity contribution is -0.174. The van der Waals surface area contributed by atoms with Crippen LogP contribution < -0.4 is 10.6 Å². The fourth-order valence-corrected chi connectivity index (χ4v) is 2.74. The van der Waals surface area contributed by atoms with Crippen LogP contribution >= 0.6 is 0 Å². The number of aromatic nitrogens is 2. The number of carbonyl (C=O) groups excluding carboxylic acids is 1. The average molecular weight is 342 g/mol. The van der Waals surface area contributed by atoms with Crippen LogP contribution in [0.1, 0.15) is 48.0 Å². The highest BCUT2D eigenvalue weighted by atomic mass is 19.4. The number of halogens is 3. The molecule has 2 atom stereocenters. The second-order valence-electron chi connectivity index (χ2n) is 5.61. The van der Waals surface area contributed by atoms with Gasteiger partial charge < -0.3 is 15.1 Å². The molecule has 2 aromatic rings. The molecule has 0 spiro atoms. The molecule has 2 unspecified atom stereocenters. The molecule has 0 saturated carbocycles. The summed E-state index contributed by atoms with van der Waals surface area (Å²) in [5.41, 5.74) is 0.0916. The van der Waals surface area contributed by atoms with Crippen molar-refractivity contribution in [2.45, 2.75) is 38.0 Å². The predicted octanol–water partition coefficient (Wildman–Crippen LogP) is 3.28. The van der Waals surface area contributed by atoms with E-state index in [-0.39, 0.29) is 17.8 Å². The van der Waals surface area contributed by atoms with E-state index in [2.05, 4.69) is 15.7 Å². The topological polar surface area (TPSA) is 72.1 Å². The lowest BCUT2D eigenvalue weighted by Gasteiger charge is -2.32. The molecule has 6 nitrogen and oxygen atoms in total. The third-order valence-electron chi connectivity index (χ3n) is 3.91. The van der Waals surface area contributed by atoms with Gasteiger partial charge in [-0.1, -0.05) is 6.92 Å². The van der Waals surface area contributed by atoms with Crippen LogP contribution in [-0.2, 0) is 0 Å². The number of amides is 1. The zero-order chi connectivity index (χ0) is 17.3. The number of nitrogens with zero attached hydrogens (tertiary/aromatic N) is 2. The van der Waals surface area contributed by atoms with Gasteiger partial charge in [-0.05, 0) is 18.6 Å². The highest BCUT2D eigenvalue weighted by Crippen LogP contribution is 2.44. The number of hydrogen-bond donors (Lipinski definition) is 2. The Kier molecular flexibility index (Phi) is 4.25. The first-order chi connectivity index (χ1) is 11.4. The molecule has 130 valence electrons. The summed E-state index contributed by atoms with van der Waals surface area (Å²) in [6.45, 7) is 2.33. The van der Waals surface area contributed by atoms with E-state index in [9.17, 15) is 18.0 Å². The minimum absolute atomic E-state index is 0.0542. The average Bonchev–Trinajstić information content (AvgIpc) is 3.19. The summed E-state index contributed by atoms with van der Waals surface area (Å²) in [5.74, 6) is -0.0122. The number of hydrogen-bond acceptors (Lipinski definition) is 4. The van der Waals surface area contributed by atoms with Crippen molar-refractivity contribution in [1.82, 2.24) is 15.1 Å². The van der Waals surface area contributed by atoms with E-state index in [1.54, 1.807) is 12.1 Å². The number of furan rings is 1. The molecule has 0 saturated heterocycles. The normalized spacial score (nSPS) is 20.3. The maximum atomic E-state index is 13.4. The van der Waals surface area contributed by atoms with Gasteiger partial charge in [-0.15, -0.1) is 0 Å². The predicted molar refractivity (Wildman–Crippen MR) is 79.6 cm³/mol. The van der Waals surface area contributed by atoms with Crippen LogP contribution in [0.25, 0.3) is 0 Å². The number of fused-ring (bicyclic) bond motifs is 1. The van der Waals surface area contributed by atoms with Gasteiger partial charge >= 0.3 is 6.18 Å². The highest BCUT2D eigenvalue weighted by molar-refractivity contribution is 5.98. The van der Waals surface area contributed by atoms with E-state index in [1.807, 2.05) is 6.92 Å². The van der Waals surface area contributed by atoms with Gasteiger partial charge in [0.2, 0.25) is 0 Å². The summed E-state index contributed by atoms with van der Waals surface area (Å²) in [5, 5.41) is 9.40. The first kappa shape index (κ1) is 16.4. The van der Waals surface area contributed by atoms with Crippen molar-refractivity contribution in [3.8, 4) is 0 Å². The van der Waals surface area contributed by atoms with E-state index < -0.39 is 24.2 Å². The van der Waals surface area contributed by atoms with Crippen molar-refractivity contribution < 1.29 is 22.4 Å². The molecule has 2 aromatic heterocycles. The SMILES string of the molecule is CCCNC(=O)c1cnn2c1NC(c1ccco1)CC2C(F)(F)F. The molecule has 9 heteroatoms. The standard InChI is InChI=1S/C15H17F3N4O2/c1-2-5-19-14(23)9-8-20-22-12(15(16,17)18)7-10(21-13(9)22)11-4-3-6-24-11/h3-4,6,8,10,12,21H,2,5,7H2,1H3,(H,19,23). The van der Waals surface area contributed by atoms with Gasteiger partial charge in [-0.3, -0.25) is 4.79 Å². The molecular weight excluding hydrogens is 325 g/mol. The fourth-order valence-electron chi connectivity index (χ4n) is 2.74. The molecule has 1 amide bonds. The summed E-state index contributed by atoms with van der Waals surface area (Å²) in [4.78, 5) is 12.2. The van der Waals surface area contributed by atoms with Crippen LogP contribution in [0.4, 0.5) is 19.0 Å². The Morgan fingerprint density at radius 2 is 2.33 bits per heavy atom. The van der Waals surface area contributed by atoms with Gasteiger partial charge in [0.1, 0.15) is 17.1 Å². The number of anilines is 1. The monoisotopic (exact) mass is 342 g/mol. The Hall–Kier alpha value is -2.45. The van der Waals surface area contributed by atoms with Gasteiger partial charge in [0.15, 0.2) is 6.04 Å². The molecule has 3 rings (SSSR count). The van der Waals surface area contributed by atoms with Crippen LogP contribution in [0.3, 0.4) is 0 Å². The van der Waals surface area contributed by atoms with Crippen molar-refractivity contribution in [1.29, 1.82) is 0 Å². The summed E-state index contributed by atoms with van der Waals surface area (Å²) in [6.07, 6.45) is -1.45. The Bertz CT molecular complexity index is 709. The first-order valence-corrected chi connectivity index (χ1v) is 7.64. The van der Waals surface area contributed by atoms with E-state index in [1.165, 1.54) is 6.26 Å². The molecule has 0 radical (unpaired) electrons. The highest BCUT2D eigenvalue weighted by Gasteiger charge is 2.47. The summed E-state index contributed by atoms with van der Waals surface area (Å²) < 4.78 is 46.3. The van der Waals surface area contributed by atoms with Gasteiger partial charge in [0.25, 0.3) is 5.91 Å². The maximum Gasteiger partial charge on any atom is 0.410 e. The lowest BCUT2D eigenvalue weighted by Crippen LogP contribution is -2.36. The lowest BCUT2D eigenvalue weighted by atomic mass is 10.0. The van der Waals surface area contributed by atoms with Crippen molar-refractivity contribution in [3.63, 3.8) is 0 Å². The Labute approximate surface area is 136 Å². The molecule has 0 aromatic carbocycles. The van der Waals surface area contributed by atoms with E-state index >= 15 is 0 Å². The summed E-state index contributed by atoms with van der Waals surface area (Å²) in [6, 6.07) is 0.707. The Morgan fingerprint density at radius 1 is 1.54 bits per heavy atom. The summed E-state index contributed by atoms with van der Waals surface area (Å²) >= 11 is 0. The Morgan fingerprint density at radius 3 is 2.96 bits per heavy atom. The number of alkyl halides is 3. The smallest absolute Gasteiger partial charge is 0.410 e. The van der Waals surface area contributed by atoms with E-state index in [4.69, 9.17) is 4.42 Å². The van der Waals surface area contributed by atoms with Crippen molar-refractivity contribution >= 4 is 11.7 Å². The fraction of sp³-hybridized carbons (Fsp3) is 0.467. The van der Waals surface area contributed by atoms with Gasteiger partial charge in [0, 0.05) is 13.0 Å². The molecular formula is C15H17F3N4O2. The molecule has 0 bridgehead atoms. The molecule has 3 heterocycles. The van der Waals surface area contributed by atoms with E-state index in [0.29, 0.717) is 12.3 Å². The van der Waals surface area contributed by atoms with Crippen molar-refractivity contribution in [2.24, 2.45) is 0 Å². The van der Waals surface area contributed by atoms with Crippen molar-refractivity contribution in [2.75, 3.05) is 11.9 Å². The zero-order valence-electron chi connectivity index (χ0n) is 12.9. The molecule has 2 N–H and O–H groups in total. The minimum atomic E-state index is -4.48. The van der Waals surface area contributed by atoms with Crippen LogP contribution in [0.2, 0.25) is 0 Å². The molecule has 24 heavy (non-hydrogen) atoms. The third-order valence-corrected chi connectivity index (χ3v) is 3.91. The van der Waals surface area contributed by atoms with Crippen LogP contribution in [0.15, 0.2) is 29.0 Å². The molecule has 0 fully saturated rings. The van der Waals surface area contributed by atoms with Gasteiger partial charge in [-0.2, -0.15) is 18.3 Å². The largest absolute Gasteiger partial charge is 0.467 e. The molecule has 0 aliphatic carbocycles. The van der Waals surface area contributed by atoms with E-state index in [0.717, 1.165) is 17.3 Å². The van der Waals surface area contributed by atoms with Crippen LogP contribution in [0.5, 0.6) is 0 Å². The summed E-state index contributed by atoms with van der Waals surface area (Å²) in [7, 11) is 0. The zero-order valence-corrected chi connectivity index (χ0v) is 12.9. The molecule has 1 aliphatic heterocycles. The van der Waals surface area contributed by atoms with Crippen LogP contribution in [0, 0.1) is 0 Å². The number of rotatable bonds is 4. The van der Waals surface area contributed by atoms with Crippen LogP contribution in [-0.4, -0.2) is 28.4 Å².